The number of imidazole rings is 1. The van der Waals surface area contributed by atoms with Crippen molar-refractivity contribution in [1.29, 1.82) is 0 Å². The molecule has 86 valence electrons. The monoisotopic (exact) mass is 219 g/mol. The van der Waals surface area contributed by atoms with Crippen molar-refractivity contribution >= 4 is 11.4 Å². The lowest BCUT2D eigenvalue weighted by Crippen LogP contribution is -2.30. The zero-order valence-corrected chi connectivity index (χ0v) is 10.9. The number of aromatic nitrogens is 2. The van der Waals surface area contributed by atoms with Gasteiger partial charge < -0.3 is 0 Å². The normalized spacial score (nSPS) is 20.6. The van der Waals surface area contributed by atoms with Crippen LogP contribution in [-0.4, -0.2) is 31.9 Å². The lowest BCUT2D eigenvalue weighted by atomic mass is 10.3. The summed E-state index contributed by atoms with van der Waals surface area (Å²) < 4.78 is 4.37. The summed E-state index contributed by atoms with van der Waals surface area (Å²) in [6.45, 7) is 12.4. The molecule has 4 heteroatoms. The molecule has 0 spiro atoms. The molecule has 0 aromatic carbocycles. The molecule has 0 saturated carbocycles. The standard InChI is InChI=1S/C12H19N4/c1-7-9(3)15(11(5)13-7)16-10(4)8(2)14-12(16)6/h11H,1-6H3/q+1. The summed E-state index contributed by atoms with van der Waals surface area (Å²) in [6, 6.07) is 0. The number of nitrogens with zero attached hydrogens (tertiary/aromatic N) is 4. The molecule has 1 aromatic rings. The Morgan fingerprint density at radius 1 is 1.12 bits per heavy atom. The highest BCUT2D eigenvalue weighted by atomic mass is 15.6. The van der Waals surface area contributed by atoms with Crippen molar-refractivity contribution in [2.45, 2.75) is 47.7 Å². The third-order valence-corrected chi connectivity index (χ3v) is 3.29. The SMILES string of the molecule is CC1=NC(C)[N+](n2c(C)nc(C)c2C)=C1C. The van der Waals surface area contributed by atoms with Gasteiger partial charge in [-0.05, 0) is 27.7 Å². The molecular formula is C12H19N4+. The molecule has 0 bridgehead atoms. The van der Waals surface area contributed by atoms with Gasteiger partial charge in [-0.25, -0.2) is 9.98 Å². The highest BCUT2D eigenvalue weighted by Crippen LogP contribution is 2.14. The van der Waals surface area contributed by atoms with E-state index in [1.54, 1.807) is 0 Å². The number of rotatable bonds is 1. The fourth-order valence-corrected chi connectivity index (χ4v) is 2.28. The summed E-state index contributed by atoms with van der Waals surface area (Å²) in [5.41, 5.74) is 4.59. The smallest absolute Gasteiger partial charge is 0.233 e. The average molecular weight is 219 g/mol. The fraction of sp³-hybridized carbons (Fsp3) is 0.583. The number of aliphatic imine (C=N–C) groups is 1. The third kappa shape index (κ3) is 1.40. The summed E-state index contributed by atoms with van der Waals surface area (Å²) >= 11 is 0. The molecule has 1 aliphatic rings. The Kier molecular flexibility index (Phi) is 2.45. The quantitative estimate of drug-likeness (QED) is 0.664. The van der Waals surface area contributed by atoms with Crippen molar-refractivity contribution < 1.29 is 4.68 Å². The van der Waals surface area contributed by atoms with Crippen molar-refractivity contribution in [1.82, 2.24) is 9.66 Å². The van der Waals surface area contributed by atoms with Gasteiger partial charge in [-0.15, -0.1) is 4.68 Å². The van der Waals surface area contributed by atoms with Crippen LogP contribution in [0.1, 0.15) is 38.0 Å². The van der Waals surface area contributed by atoms with E-state index in [-0.39, 0.29) is 6.17 Å². The zero-order chi connectivity index (χ0) is 12.0. The predicted octanol–water partition coefficient (Wildman–Crippen LogP) is 1.87. The zero-order valence-electron chi connectivity index (χ0n) is 10.9. The van der Waals surface area contributed by atoms with Crippen molar-refractivity contribution in [3.8, 4) is 0 Å². The van der Waals surface area contributed by atoms with Crippen LogP contribution < -0.4 is 0 Å². The van der Waals surface area contributed by atoms with Crippen LogP contribution in [0.15, 0.2) is 4.99 Å². The Hall–Kier alpha value is -1.45. The van der Waals surface area contributed by atoms with Crippen molar-refractivity contribution in [3.05, 3.63) is 17.2 Å². The third-order valence-electron chi connectivity index (χ3n) is 3.29. The van der Waals surface area contributed by atoms with Crippen LogP contribution in [0.3, 0.4) is 0 Å². The van der Waals surface area contributed by atoms with Gasteiger partial charge in [0.15, 0.2) is 5.82 Å². The van der Waals surface area contributed by atoms with Crippen molar-refractivity contribution in [2.75, 3.05) is 0 Å². The first-order chi connectivity index (χ1) is 7.43. The summed E-state index contributed by atoms with van der Waals surface area (Å²) in [6.07, 6.45) is 0.158. The first kappa shape index (κ1) is 11.0. The Balaban J connectivity index is 2.63. The largest absolute Gasteiger partial charge is 0.272 e. The van der Waals surface area contributed by atoms with Crippen LogP contribution in [-0.2, 0) is 0 Å². The lowest BCUT2D eigenvalue weighted by Gasteiger charge is -2.07. The molecular weight excluding hydrogens is 200 g/mol. The molecule has 0 N–H and O–H groups in total. The van der Waals surface area contributed by atoms with Crippen molar-refractivity contribution in [2.24, 2.45) is 4.99 Å². The first-order valence-corrected chi connectivity index (χ1v) is 5.64. The molecule has 1 atom stereocenters. The van der Waals surface area contributed by atoms with Gasteiger partial charge in [0, 0.05) is 13.8 Å². The van der Waals surface area contributed by atoms with Crippen LogP contribution in [0.2, 0.25) is 0 Å². The second-order valence-electron chi connectivity index (χ2n) is 4.42. The molecule has 4 nitrogen and oxygen atoms in total. The number of hydrogen-bond acceptors (Lipinski definition) is 2. The van der Waals surface area contributed by atoms with Gasteiger partial charge in [-0.3, -0.25) is 0 Å². The Morgan fingerprint density at radius 3 is 2.12 bits per heavy atom. The number of hydrogen-bond donors (Lipinski definition) is 0. The van der Waals surface area contributed by atoms with E-state index in [0.29, 0.717) is 0 Å². The molecule has 1 aliphatic heterocycles. The fourth-order valence-electron chi connectivity index (χ4n) is 2.28. The van der Waals surface area contributed by atoms with E-state index in [1.165, 1.54) is 11.4 Å². The molecule has 0 saturated heterocycles. The van der Waals surface area contributed by atoms with Crippen LogP contribution in [0.4, 0.5) is 0 Å². The van der Waals surface area contributed by atoms with Gasteiger partial charge in [0.2, 0.25) is 5.71 Å². The topological polar surface area (TPSA) is 33.2 Å². The van der Waals surface area contributed by atoms with E-state index >= 15 is 0 Å². The van der Waals surface area contributed by atoms with Crippen LogP contribution >= 0.6 is 0 Å². The molecule has 0 radical (unpaired) electrons. The molecule has 2 heterocycles. The second kappa shape index (κ2) is 3.54. The Labute approximate surface area is 96.3 Å². The van der Waals surface area contributed by atoms with Gasteiger partial charge in [-0.1, -0.05) is 4.68 Å². The highest BCUT2D eigenvalue weighted by molar-refractivity contribution is 6.39. The molecule has 0 aliphatic carbocycles. The summed E-state index contributed by atoms with van der Waals surface area (Å²) in [4.78, 5) is 9.08. The van der Waals surface area contributed by atoms with Crippen LogP contribution in [0.5, 0.6) is 0 Å². The highest BCUT2D eigenvalue weighted by Gasteiger charge is 2.31. The number of aryl methyl sites for hydroxylation is 2. The van der Waals surface area contributed by atoms with Gasteiger partial charge in [0.05, 0.1) is 5.69 Å². The summed E-state index contributed by atoms with van der Waals surface area (Å²) in [7, 11) is 0. The molecule has 1 aromatic heterocycles. The van der Waals surface area contributed by atoms with E-state index in [2.05, 4.69) is 47.0 Å². The Bertz CT molecular complexity index is 505. The van der Waals surface area contributed by atoms with Crippen LogP contribution in [0, 0.1) is 20.8 Å². The van der Waals surface area contributed by atoms with E-state index in [0.717, 1.165) is 17.2 Å². The first-order valence-electron chi connectivity index (χ1n) is 5.64. The second-order valence-corrected chi connectivity index (χ2v) is 4.42. The minimum Gasteiger partial charge on any atom is -0.233 e. The minimum atomic E-state index is 0.158. The Morgan fingerprint density at radius 2 is 1.75 bits per heavy atom. The molecule has 0 amide bonds. The van der Waals surface area contributed by atoms with E-state index in [1.807, 2.05) is 13.8 Å². The molecule has 16 heavy (non-hydrogen) atoms. The predicted molar refractivity (Wildman–Crippen MR) is 65.3 cm³/mol. The lowest BCUT2D eigenvalue weighted by molar-refractivity contribution is -0.613. The van der Waals surface area contributed by atoms with E-state index in [4.69, 9.17) is 0 Å². The van der Waals surface area contributed by atoms with Gasteiger partial charge >= 0.3 is 0 Å². The van der Waals surface area contributed by atoms with Crippen LogP contribution in [0.25, 0.3) is 0 Å². The van der Waals surface area contributed by atoms with Gasteiger partial charge in [-0.2, -0.15) is 0 Å². The average Bonchev–Trinajstić information content (AvgIpc) is 2.57. The summed E-state index contributed by atoms with van der Waals surface area (Å²) in [5.74, 6) is 1.02. The van der Waals surface area contributed by atoms with E-state index < -0.39 is 0 Å². The maximum Gasteiger partial charge on any atom is 0.272 e. The maximum atomic E-state index is 4.58. The maximum absolute atomic E-state index is 4.58. The molecule has 0 fully saturated rings. The van der Waals surface area contributed by atoms with Gasteiger partial charge in [0.25, 0.3) is 6.17 Å². The molecule has 2 rings (SSSR count). The molecule has 1 unspecified atom stereocenters. The summed E-state index contributed by atoms with van der Waals surface area (Å²) in [5, 5.41) is 0. The van der Waals surface area contributed by atoms with Crippen molar-refractivity contribution in [3.63, 3.8) is 0 Å². The minimum absolute atomic E-state index is 0.158. The van der Waals surface area contributed by atoms with Gasteiger partial charge in [0.1, 0.15) is 11.4 Å². The van der Waals surface area contributed by atoms with E-state index in [9.17, 15) is 0 Å².